The van der Waals surface area contributed by atoms with Gasteiger partial charge in [-0.3, -0.25) is 9.78 Å². The van der Waals surface area contributed by atoms with E-state index in [4.69, 9.17) is 4.79 Å². The van der Waals surface area contributed by atoms with Crippen LogP contribution in [-0.4, -0.2) is 22.2 Å². The van der Waals surface area contributed by atoms with E-state index >= 15 is 0 Å². The van der Waals surface area contributed by atoms with Crippen LogP contribution in [0.25, 0.3) is 10.8 Å². The van der Waals surface area contributed by atoms with Crippen molar-refractivity contribution < 1.29 is 19.1 Å². The number of aldehydes is 1. The number of aromatic hydroxyl groups is 1. The molecular weight excluding hydrogens is 441 g/mol. The first-order valence-corrected chi connectivity index (χ1v) is 12.3. The predicted molar refractivity (Wildman–Crippen MR) is 142 cm³/mol. The summed E-state index contributed by atoms with van der Waals surface area (Å²) in [5.74, 6) is -0.283. The lowest BCUT2D eigenvalue weighted by atomic mass is 9.76. The summed E-state index contributed by atoms with van der Waals surface area (Å²) in [7, 11) is 0. The van der Waals surface area contributed by atoms with Crippen molar-refractivity contribution in [2.75, 3.05) is 0 Å². The highest BCUT2D eigenvalue weighted by molar-refractivity contribution is 5.84. The summed E-state index contributed by atoms with van der Waals surface area (Å²) in [5, 5.41) is 12.2. The van der Waals surface area contributed by atoms with Gasteiger partial charge in [0.1, 0.15) is 23.6 Å². The van der Waals surface area contributed by atoms with Crippen LogP contribution >= 0.6 is 0 Å². The van der Waals surface area contributed by atoms with Gasteiger partial charge in [0.25, 0.3) is 0 Å². The molecule has 2 aromatic carbocycles. The predicted octanol–water partition coefficient (Wildman–Crippen LogP) is 7.70. The maximum absolute atomic E-state index is 12.9. The third-order valence-electron chi connectivity index (χ3n) is 5.96. The Kier molecular flexibility index (Phi) is 12.9. The van der Waals surface area contributed by atoms with Crippen molar-refractivity contribution in [2.45, 2.75) is 80.1 Å². The summed E-state index contributed by atoms with van der Waals surface area (Å²) >= 11 is 0. The van der Waals surface area contributed by atoms with Crippen LogP contribution in [0.5, 0.6) is 5.75 Å². The number of rotatable bonds is 8. The first-order chi connectivity index (χ1) is 16.6. The zero-order chi connectivity index (χ0) is 26.4. The summed E-state index contributed by atoms with van der Waals surface area (Å²) in [4.78, 5) is 25.5. The number of phenols is 1. The molecule has 5 heteroatoms. The molecule has 0 amide bonds. The number of pyridine rings is 1. The second kappa shape index (κ2) is 15.0. The highest BCUT2D eigenvalue weighted by atomic mass is 19.1. The zero-order valence-corrected chi connectivity index (χ0v) is 22.0. The molecule has 3 aromatic rings. The Balaban J connectivity index is 0.000000343. The lowest BCUT2D eigenvalue weighted by molar-refractivity contribution is -0.128. The standard InChI is InChI=1S/C17H25FO2.C11H11N.C2H4O/c1-4-10-17(3,11-5-2)16(20)9-7-13-6-8-14(18)12-15(13)19;1-8-3-4-10-7-12-9(2)6-11(10)5-8;1-2-3/h6,8,12,19H,4-5,7,9-11H2,1-3H3;3-7H,1-2H3;2H,1H3. The number of ketones is 1. The third kappa shape index (κ3) is 9.97. The zero-order valence-electron chi connectivity index (χ0n) is 22.0. The highest BCUT2D eigenvalue weighted by Gasteiger charge is 2.30. The van der Waals surface area contributed by atoms with Gasteiger partial charge in [-0.25, -0.2) is 4.39 Å². The molecule has 0 saturated heterocycles. The van der Waals surface area contributed by atoms with Crippen LogP contribution in [0, 0.1) is 25.1 Å². The van der Waals surface area contributed by atoms with E-state index in [1.54, 1.807) is 6.07 Å². The van der Waals surface area contributed by atoms with Gasteiger partial charge in [-0.2, -0.15) is 0 Å². The summed E-state index contributed by atoms with van der Waals surface area (Å²) in [5.41, 5.74) is 2.75. The van der Waals surface area contributed by atoms with Crippen molar-refractivity contribution in [3.63, 3.8) is 0 Å². The van der Waals surface area contributed by atoms with Crippen LogP contribution in [0.3, 0.4) is 0 Å². The lowest BCUT2D eigenvalue weighted by Gasteiger charge is -2.27. The van der Waals surface area contributed by atoms with Crippen LogP contribution in [0.4, 0.5) is 4.39 Å². The van der Waals surface area contributed by atoms with Gasteiger partial charge in [0.2, 0.25) is 0 Å². The van der Waals surface area contributed by atoms with E-state index in [9.17, 15) is 14.3 Å². The van der Waals surface area contributed by atoms with Gasteiger partial charge in [-0.1, -0.05) is 63.4 Å². The molecule has 3 rings (SSSR count). The molecule has 1 heterocycles. The first-order valence-electron chi connectivity index (χ1n) is 12.3. The molecule has 35 heavy (non-hydrogen) atoms. The molecule has 190 valence electrons. The molecule has 0 bridgehead atoms. The average molecular weight is 482 g/mol. The summed E-state index contributed by atoms with van der Waals surface area (Å²) < 4.78 is 12.9. The van der Waals surface area contributed by atoms with Gasteiger partial charge >= 0.3 is 0 Å². The topological polar surface area (TPSA) is 67.3 Å². The van der Waals surface area contributed by atoms with Crippen molar-refractivity contribution in [2.24, 2.45) is 5.41 Å². The fourth-order valence-electron chi connectivity index (χ4n) is 4.18. The number of hydrogen-bond acceptors (Lipinski definition) is 4. The van der Waals surface area contributed by atoms with E-state index in [1.165, 1.54) is 29.3 Å². The summed E-state index contributed by atoms with van der Waals surface area (Å²) in [6.07, 6.45) is 7.31. The van der Waals surface area contributed by atoms with Crippen LogP contribution in [0.15, 0.2) is 48.7 Å². The molecule has 0 aliphatic carbocycles. The minimum Gasteiger partial charge on any atom is -0.508 e. The number of aromatic nitrogens is 1. The summed E-state index contributed by atoms with van der Waals surface area (Å²) in [6, 6.07) is 12.5. The molecule has 0 aliphatic rings. The van der Waals surface area contributed by atoms with Crippen LogP contribution in [0.2, 0.25) is 0 Å². The number of nitrogens with zero attached hydrogens (tertiary/aromatic N) is 1. The largest absolute Gasteiger partial charge is 0.508 e. The number of carbonyl (C=O) groups excluding carboxylic acids is 2. The number of phenolic OH excluding ortho intramolecular Hbond substituents is 1. The molecule has 0 saturated carbocycles. The SMILES string of the molecule is CC=O.CCCC(C)(CCC)C(=O)CCc1ccc(F)cc1O.Cc1ccc2cnc(C)cc2c1. The van der Waals surface area contributed by atoms with Crippen molar-refractivity contribution in [3.8, 4) is 5.75 Å². The van der Waals surface area contributed by atoms with Gasteiger partial charge in [0.05, 0.1) is 0 Å². The van der Waals surface area contributed by atoms with E-state index in [-0.39, 0.29) is 16.9 Å². The van der Waals surface area contributed by atoms with Gasteiger partial charge in [-0.15, -0.1) is 0 Å². The number of fused-ring (bicyclic) bond motifs is 1. The Hall–Kier alpha value is -3.08. The Morgan fingerprint density at radius 2 is 1.66 bits per heavy atom. The van der Waals surface area contributed by atoms with Gasteiger partial charge < -0.3 is 9.90 Å². The number of hydrogen-bond donors (Lipinski definition) is 1. The quantitative estimate of drug-likeness (QED) is 0.335. The molecule has 0 atom stereocenters. The Bertz CT molecular complexity index is 1050. The molecule has 0 spiro atoms. The van der Waals surface area contributed by atoms with Crippen molar-refractivity contribution in [1.29, 1.82) is 0 Å². The highest BCUT2D eigenvalue weighted by Crippen LogP contribution is 2.32. The second-order valence-electron chi connectivity index (χ2n) is 9.17. The minimum atomic E-state index is -0.459. The molecule has 0 unspecified atom stereocenters. The molecule has 0 aliphatic heterocycles. The van der Waals surface area contributed by atoms with E-state index in [0.29, 0.717) is 18.4 Å². The molecule has 4 nitrogen and oxygen atoms in total. The number of benzene rings is 2. The molecule has 1 N–H and O–H groups in total. The number of halogens is 1. The maximum Gasteiger partial charge on any atom is 0.139 e. The third-order valence-corrected chi connectivity index (χ3v) is 5.96. The molecular formula is C30H40FNO3. The first kappa shape index (κ1) is 30.0. The maximum atomic E-state index is 12.9. The molecule has 1 aromatic heterocycles. The van der Waals surface area contributed by atoms with Crippen LogP contribution < -0.4 is 0 Å². The molecule has 0 fully saturated rings. The second-order valence-corrected chi connectivity index (χ2v) is 9.17. The van der Waals surface area contributed by atoms with Gasteiger partial charge in [0.15, 0.2) is 0 Å². The minimum absolute atomic E-state index is 0.0644. The summed E-state index contributed by atoms with van der Waals surface area (Å²) in [6.45, 7) is 11.8. The van der Waals surface area contributed by atoms with Gasteiger partial charge in [0, 0.05) is 35.2 Å². The van der Waals surface area contributed by atoms with Crippen molar-refractivity contribution >= 4 is 22.8 Å². The van der Waals surface area contributed by atoms with Crippen molar-refractivity contribution in [3.05, 3.63) is 71.3 Å². The van der Waals surface area contributed by atoms with E-state index in [2.05, 4.69) is 50.0 Å². The lowest BCUT2D eigenvalue weighted by Crippen LogP contribution is -2.28. The monoisotopic (exact) mass is 481 g/mol. The van der Waals surface area contributed by atoms with E-state index in [0.717, 1.165) is 43.7 Å². The van der Waals surface area contributed by atoms with Crippen LogP contribution in [0.1, 0.15) is 76.6 Å². The van der Waals surface area contributed by atoms with Crippen molar-refractivity contribution in [1.82, 2.24) is 4.98 Å². The number of Topliss-reactive ketones (excluding diaryl/α,β-unsaturated/α-hetero) is 1. The fourth-order valence-corrected chi connectivity index (χ4v) is 4.18. The number of aryl methyl sites for hydroxylation is 3. The van der Waals surface area contributed by atoms with Gasteiger partial charge in [-0.05, 0) is 63.1 Å². The fraction of sp³-hybridized carbons (Fsp3) is 0.433. The van der Waals surface area contributed by atoms with E-state index in [1.807, 2.05) is 20.0 Å². The Morgan fingerprint density at radius 1 is 1.03 bits per heavy atom. The smallest absolute Gasteiger partial charge is 0.139 e. The Morgan fingerprint density at radius 3 is 2.23 bits per heavy atom. The average Bonchev–Trinajstić information content (AvgIpc) is 2.79. The number of carbonyl (C=O) groups is 2. The Labute approximate surface area is 209 Å². The normalized spacial score (nSPS) is 10.6. The van der Waals surface area contributed by atoms with E-state index < -0.39 is 5.82 Å². The molecule has 0 radical (unpaired) electrons. The van der Waals surface area contributed by atoms with Crippen LogP contribution in [-0.2, 0) is 16.0 Å².